The molecule has 1 aliphatic heterocycles. The van der Waals surface area contributed by atoms with Crippen LogP contribution in [0.4, 0.5) is 5.95 Å². The molecule has 0 saturated heterocycles. The van der Waals surface area contributed by atoms with Crippen molar-refractivity contribution in [3.63, 3.8) is 0 Å². The minimum atomic E-state index is -0.107. The van der Waals surface area contributed by atoms with E-state index in [0.717, 1.165) is 24.2 Å². The predicted molar refractivity (Wildman–Crippen MR) is 121 cm³/mol. The average Bonchev–Trinajstić information content (AvgIpc) is 3.63. The molecule has 6 rings (SSSR count). The fraction of sp³-hybridized carbons (Fsp3) is 0.304. The number of fused-ring (bicyclic) bond motifs is 2. The SMILES string of the molecule is N#Cc1ccc2c(c1)CC(Nc1ncc(-c3nnc(CC(=O)N4CCc5[nH]nnc5C4)o3)cn1)C2. The second kappa shape index (κ2) is 8.60. The number of benzene rings is 1. The summed E-state index contributed by atoms with van der Waals surface area (Å²) in [5.74, 6) is 0.885. The Morgan fingerprint density at radius 1 is 1.20 bits per heavy atom. The summed E-state index contributed by atoms with van der Waals surface area (Å²) in [5, 5.41) is 31.2. The summed E-state index contributed by atoms with van der Waals surface area (Å²) in [6, 6.07) is 8.14. The maximum Gasteiger partial charge on any atom is 0.250 e. The quantitative estimate of drug-likeness (QED) is 0.435. The molecule has 1 atom stereocenters. The van der Waals surface area contributed by atoms with E-state index in [-0.39, 0.29) is 30.2 Å². The molecule has 0 bridgehead atoms. The molecule has 174 valence electrons. The molecule has 12 nitrogen and oxygen atoms in total. The van der Waals surface area contributed by atoms with E-state index in [4.69, 9.17) is 9.68 Å². The Morgan fingerprint density at radius 2 is 2.06 bits per heavy atom. The minimum Gasteiger partial charge on any atom is -0.420 e. The third kappa shape index (κ3) is 4.19. The number of nitrogens with one attached hydrogen (secondary N) is 2. The van der Waals surface area contributed by atoms with Gasteiger partial charge < -0.3 is 14.6 Å². The van der Waals surface area contributed by atoms with Gasteiger partial charge >= 0.3 is 0 Å². The van der Waals surface area contributed by atoms with Crippen LogP contribution >= 0.6 is 0 Å². The van der Waals surface area contributed by atoms with Crippen LogP contribution in [0.25, 0.3) is 11.5 Å². The predicted octanol–water partition coefficient (Wildman–Crippen LogP) is 1.22. The van der Waals surface area contributed by atoms with Crippen molar-refractivity contribution >= 4 is 11.9 Å². The van der Waals surface area contributed by atoms with Gasteiger partial charge in [0.15, 0.2) is 0 Å². The topological polar surface area (TPSA) is 162 Å². The van der Waals surface area contributed by atoms with Gasteiger partial charge in [-0.2, -0.15) is 5.26 Å². The van der Waals surface area contributed by atoms with Crippen LogP contribution in [0.3, 0.4) is 0 Å². The first-order valence-electron chi connectivity index (χ1n) is 11.2. The molecule has 0 radical (unpaired) electrons. The minimum absolute atomic E-state index is 0.0104. The number of aromatic amines is 1. The summed E-state index contributed by atoms with van der Waals surface area (Å²) in [6.45, 7) is 1.00. The molecule has 0 saturated carbocycles. The van der Waals surface area contributed by atoms with Crippen LogP contribution in [0.1, 0.15) is 34.0 Å². The molecule has 2 aliphatic rings. The molecular formula is C23H20N10O2. The fourth-order valence-corrected chi connectivity index (χ4v) is 4.49. The van der Waals surface area contributed by atoms with Gasteiger partial charge in [-0.1, -0.05) is 11.3 Å². The highest BCUT2D eigenvalue weighted by Crippen LogP contribution is 2.25. The molecule has 0 fully saturated rings. The number of carbonyl (C=O) groups excluding carboxylic acids is 1. The number of hydrogen-bond donors (Lipinski definition) is 2. The van der Waals surface area contributed by atoms with Crippen molar-refractivity contribution < 1.29 is 9.21 Å². The van der Waals surface area contributed by atoms with E-state index in [1.165, 1.54) is 11.1 Å². The van der Waals surface area contributed by atoms with Gasteiger partial charge in [0.2, 0.25) is 17.7 Å². The summed E-state index contributed by atoms with van der Waals surface area (Å²) in [6.07, 6.45) is 5.58. The van der Waals surface area contributed by atoms with E-state index in [1.807, 2.05) is 18.2 Å². The number of amides is 1. The second-order valence-electron chi connectivity index (χ2n) is 8.62. The lowest BCUT2D eigenvalue weighted by Crippen LogP contribution is -2.37. The monoisotopic (exact) mass is 468 g/mol. The lowest BCUT2D eigenvalue weighted by molar-refractivity contribution is -0.131. The zero-order valence-electron chi connectivity index (χ0n) is 18.6. The lowest BCUT2D eigenvalue weighted by Gasteiger charge is -2.25. The van der Waals surface area contributed by atoms with Gasteiger partial charge in [0.05, 0.1) is 29.4 Å². The molecule has 12 heteroatoms. The van der Waals surface area contributed by atoms with Crippen molar-refractivity contribution in [2.75, 3.05) is 11.9 Å². The van der Waals surface area contributed by atoms with E-state index in [9.17, 15) is 4.79 Å². The Morgan fingerprint density at radius 3 is 2.91 bits per heavy atom. The van der Waals surface area contributed by atoms with E-state index in [1.54, 1.807) is 17.3 Å². The van der Waals surface area contributed by atoms with Crippen molar-refractivity contribution in [2.24, 2.45) is 0 Å². The normalized spacial score (nSPS) is 16.4. The van der Waals surface area contributed by atoms with Crippen LogP contribution in [0.5, 0.6) is 0 Å². The van der Waals surface area contributed by atoms with Gasteiger partial charge in [0.1, 0.15) is 12.1 Å². The average molecular weight is 468 g/mol. The molecule has 4 heterocycles. The van der Waals surface area contributed by atoms with Crippen molar-refractivity contribution in [3.8, 4) is 17.5 Å². The fourth-order valence-electron chi connectivity index (χ4n) is 4.49. The molecule has 35 heavy (non-hydrogen) atoms. The van der Waals surface area contributed by atoms with Crippen LogP contribution < -0.4 is 5.32 Å². The Kier molecular flexibility index (Phi) is 5.14. The highest BCUT2D eigenvalue weighted by molar-refractivity contribution is 5.78. The van der Waals surface area contributed by atoms with Crippen molar-refractivity contribution in [1.82, 2.24) is 40.5 Å². The first-order valence-corrected chi connectivity index (χ1v) is 11.2. The molecule has 4 aromatic rings. The second-order valence-corrected chi connectivity index (χ2v) is 8.62. The van der Waals surface area contributed by atoms with Gasteiger partial charge in [-0.25, -0.2) is 9.97 Å². The molecule has 1 amide bonds. The number of anilines is 1. The Balaban J connectivity index is 1.06. The van der Waals surface area contributed by atoms with Gasteiger partial charge in [-0.05, 0) is 36.1 Å². The standard InChI is InChI=1S/C23H20N10O2/c24-9-13-1-2-14-6-17(7-15(14)5-13)27-23-25-10-16(11-26-23)22-31-30-20(35-22)8-21(34)33-4-3-18-19(12-33)29-32-28-18/h1-2,5,10-11,17H,3-4,6-8,12H2,(H,25,26,27)(H,28,29,32). The summed E-state index contributed by atoms with van der Waals surface area (Å²) in [7, 11) is 0. The Hall–Kier alpha value is -4.66. The summed E-state index contributed by atoms with van der Waals surface area (Å²) < 4.78 is 5.69. The van der Waals surface area contributed by atoms with Gasteiger partial charge in [0, 0.05) is 31.4 Å². The number of H-pyrrole nitrogens is 1. The highest BCUT2D eigenvalue weighted by Gasteiger charge is 2.25. The molecule has 1 unspecified atom stereocenters. The van der Waals surface area contributed by atoms with Crippen molar-refractivity contribution in [3.05, 3.63) is 64.6 Å². The van der Waals surface area contributed by atoms with E-state index in [2.05, 4.69) is 47.0 Å². The molecule has 3 aromatic heterocycles. The molecule has 0 spiro atoms. The smallest absolute Gasteiger partial charge is 0.250 e. The number of nitriles is 1. The van der Waals surface area contributed by atoms with Crippen LogP contribution in [0.2, 0.25) is 0 Å². The first-order chi connectivity index (χ1) is 17.1. The number of carbonyl (C=O) groups is 1. The van der Waals surface area contributed by atoms with Gasteiger partial charge in [-0.15, -0.1) is 15.3 Å². The number of hydrogen-bond acceptors (Lipinski definition) is 10. The number of aromatic nitrogens is 7. The van der Waals surface area contributed by atoms with E-state index < -0.39 is 0 Å². The maximum atomic E-state index is 12.7. The summed E-state index contributed by atoms with van der Waals surface area (Å²) in [4.78, 5) is 23.1. The third-order valence-electron chi connectivity index (χ3n) is 6.30. The van der Waals surface area contributed by atoms with Crippen LogP contribution in [-0.4, -0.2) is 59.0 Å². The Bertz CT molecular complexity index is 1440. The highest BCUT2D eigenvalue weighted by atomic mass is 16.4. The van der Waals surface area contributed by atoms with Gasteiger partial charge in [0.25, 0.3) is 5.89 Å². The lowest BCUT2D eigenvalue weighted by atomic mass is 10.1. The van der Waals surface area contributed by atoms with E-state index >= 15 is 0 Å². The molecule has 1 aromatic carbocycles. The number of rotatable bonds is 5. The number of nitrogens with zero attached hydrogens (tertiary/aromatic N) is 8. The Labute approximate surface area is 199 Å². The zero-order valence-corrected chi connectivity index (χ0v) is 18.6. The molecule has 1 aliphatic carbocycles. The molecular weight excluding hydrogens is 448 g/mol. The van der Waals surface area contributed by atoms with Crippen molar-refractivity contribution in [1.29, 1.82) is 5.26 Å². The van der Waals surface area contributed by atoms with Gasteiger partial charge in [-0.3, -0.25) is 9.89 Å². The third-order valence-corrected chi connectivity index (χ3v) is 6.30. The summed E-state index contributed by atoms with van der Waals surface area (Å²) >= 11 is 0. The van der Waals surface area contributed by atoms with Crippen LogP contribution in [0, 0.1) is 11.3 Å². The molecule has 2 N–H and O–H groups in total. The first kappa shape index (κ1) is 20.9. The largest absolute Gasteiger partial charge is 0.420 e. The van der Waals surface area contributed by atoms with Crippen molar-refractivity contribution in [2.45, 2.75) is 38.3 Å². The maximum absolute atomic E-state index is 12.7. The summed E-state index contributed by atoms with van der Waals surface area (Å²) in [5.41, 5.74) is 5.41. The van der Waals surface area contributed by atoms with Crippen LogP contribution in [-0.2, 0) is 37.0 Å². The van der Waals surface area contributed by atoms with E-state index in [0.29, 0.717) is 36.6 Å². The van der Waals surface area contributed by atoms with Crippen LogP contribution in [0.15, 0.2) is 35.0 Å². The zero-order chi connectivity index (χ0) is 23.8.